The molecule has 0 radical (unpaired) electrons. The van der Waals surface area contributed by atoms with Crippen LogP contribution in [0.25, 0.3) is 0 Å². The highest BCUT2D eigenvalue weighted by Crippen LogP contribution is 2.14. The highest BCUT2D eigenvalue weighted by atomic mass is 17.2. The third kappa shape index (κ3) is 22.7. The van der Waals surface area contributed by atoms with Gasteiger partial charge in [-0.25, -0.2) is 19.4 Å². The van der Waals surface area contributed by atoms with Gasteiger partial charge in [0.25, 0.3) is 0 Å². The minimum absolute atomic E-state index is 0.0201. The minimum atomic E-state index is -0.890. The zero-order chi connectivity index (χ0) is 22.3. The van der Waals surface area contributed by atoms with Gasteiger partial charge in [-0.1, -0.05) is 96.8 Å². The normalized spacial score (nSPS) is 10.7. The summed E-state index contributed by atoms with van der Waals surface area (Å²) in [5.41, 5.74) is 0. The lowest BCUT2D eigenvalue weighted by atomic mass is 10.0. The molecule has 0 aliphatic rings. The molecule has 0 saturated carbocycles. The number of hydrogen-bond acceptors (Lipinski definition) is 5. The highest BCUT2D eigenvalue weighted by molar-refractivity contribution is 5.72. The molecule has 0 atom stereocenters. The third-order valence-corrected chi connectivity index (χ3v) is 5.23. The first-order valence-corrected chi connectivity index (χ1v) is 12.2. The van der Waals surface area contributed by atoms with E-state index in [0.29, 0.717) is 12.8 Å². The monoisotopic (exact) mass is 428 g/mol. The lowest BCUT2D eigenvalue weighted by Crippen LogP contribution is -2.11. The first-order valence-electron chi connectivity index (χ1n) is 12.2. The molecular weight excluding hydrogens is 384 g/mol. The quantitative estimate of drug-likeness (QED) is 0.122. The van der Waals surface area contributed by atoms with E-state index in [1.54, 1.807) is 0 Å². The Morgan fingerprint density at radius 2 is 0.800 bits per heavy atom. The predicted octanol–water partition coefficient (Wildman–Crippen LogP) is 6.89. The summed E-state index contributed by atoms with van der Waals surface area (Å²) in [6.07, 6.45) is 20.1. The summed E-state index contributed by atoms with van der Waals surface area (Å²) in [6, 6.07) is 0. The highest BCUT2D eigenvalue weighted by Gasteiger charge is 2.10. The molecule has 0 bridgehead atoms. The van der Waals surface area contributed by atoms with Crippen LogP contribution in [0.5, 0.6) is 0 Å². The van der Waals surface area contributed by atoms with Crippen LogP contribution in [0.4, 0.5) is 0 Å². The van der Waals surface area contributed by atoms with Gasteiger partial charge in [-0.05, 0) is 19.3 Å². The Morgan fingerprint density at radius 3 is 1.17 bits per heavy atom. The van der Waals surface area contributed by atoms with Crippen molar-refractivity contribution in [3.05, 3.63) is 0 Å². The molecule has 0 heterocycles. The molecule has 176 valence electrons. The van der Waals surface area contributed by atoms with Gasteiger partial charge < -0.3 is 5.11 Å². The molecule has 30 heavy (non-hydrogen) atoms. The van der Waals surface area contributed by atoms with E-state index in [2.05, 4.69) is 16.7 Å². The van der Waals surface area contributed by atoms with E-state index in [1.165, 1.54) is 77.0 Å². The van der Waals surface area contributed by atoms with Gasteiger partial charge in [0.1, 0.15) is 0 Å². The number of carboxylic acid groups (broad SMARTS) is 1. The Morgan fingerprint density at radius 1 is 0.500 bits per heavy atom. The van der Waals surface area contributed by atoms with Crippen LogP contribution in [0.15, 0.2) is 0 Å². The van der Waals surface area contributed by atoms with E-state index < -0.39 is 17.9 Å². The van der Waals surface area contributed by atoms with Crippen molar-refractivity contribution in [1.29, 1.82) is 0 Å². The molecule has 6 nitrogen and oxygen atoms in total. The maximum atomic E-state index is 11.5. The van der Waals surface area contributed by atoms with E-state index in [0.717, 1.165) is 19.3 Å². The molecule has 0 spiro atoms. The van der Waals surface area contributed by atoms with Crippen molar-refractivity contribution in [2.45, 2.75) is 135 Å². The van der Waals surface area contributed by atoms with Crippen molar-refractivity contribution in [2.24, 2.45) is 0 Å². The van der Waals surface area contributed by atoms with Crippen molar-refractivity contribution in [2.75, 3.05) is 0 Å². The van der Waals surface area contributed by atoms with Gasteiger partial charge in [-0.2, -0.15) is 0 Å². The van der Waals surface area contributed by atoms with Crippen molar-refractivity contribution < 1.29 is 29.3 Å². The largest absolute Gasteiger partial charge is 0.481 e. The molecule has 0 unspecified atom stereocenters. The Kier molecular flexibility index (Phi) is 20.9. The number of unbranched alkanes of at least 4 members (excludes halogenated alkanes) is 15. The van der Waals surface area contributed by atoms with Crippen molar-refractivity contribution in [1.82, 2.24) is 0 Å². The summed E-state index contributed by atoms with van der Waals surface area (Å²) in [5, 5.41) is 8.50. The Balaban J connectivity index is 3.27. The number of rotatable bonds is 21. The zero-order valence-corrected chi connectivity index (χ0v) is 19.1. The number of hydrogen-bond donors (Lipinski definition) is 1. The fourth-order valence-corrected chi connectivity index (χ4v) is 3.36. The second-order valence-electron chi connectivity index (χ2n) is 8.21. The van der Waals surface area contributed by atoms with Gasteiger partial charge in [-0.15, -0.1) is 0 Å². The van der Waals surface area contributed by atoms with Gasteiger partial charge in [0.2, 0.25) is 0 Å². The van der Waals surface area contributed by atoms with E-state index in [1.807, 2.05) is 0 Å². The van der Waals surface area contributed by atoms with Crippen LogP contribution in [-0.4, -0.2) is 23.0 Å². The van der Waals surface area contributed by atoms with Crippen LogP contribution in [0, 0.1) is 0 Å². The molecule has 0 aromatic rings. The van der Waals surface area contributed by atoms with Gasteiger partial charge in [0.15, 0.2) is 0 Å². The Bertz CT molecular complexity index is 435. The SMILES string of the molecule is CCCCCCCCCCCCCCCCCC(=O)OOC(=O)CCCCC(=O)O. The molecule has 0 aliphatic carbocycles. The maximum absolute atomic E-state index is 11.5. The molecule has 0 saturated heterocycles. The van der Waals surface area contributed by atoms with Crippen molar-refractivity contribution in [3.63, 3.8) is 0 Å². The minimum Gasteiger partial charge on any atom is -0.481 e. The van der Waals surface area contributed by atoms with Crippen LogP contribution >= 0.6 is 0 Å². The molecule has 0 amide bonds. The number of carbonyl (C=O) groups excluding carboxylic acids is 2. The van der Waals surface area contributed by atoms with E-state index >= 15 is 0 Å². The average Bonchev–Trinajstić information content (AvgIpc) is 2.72. The fourth-order valence-electron chi connectivity index (χ4n) is 3.36. The molecular formula is C24H44O6. The van der Waals surface area contributed by atoms with Crippen LogP contribution in [0.2, 0.25) is 0 Å². The van der Waals surface area contributed by atoms with Crippen LogP contribution in [0.1, 0.15) is 135 Å². The van der Waals surface area contributed by atoms with Gasteiger partial charge >= 0.3 is 17.9 Å². The van der Waals surface area contributed by atoms with Crippen LogP contribution in [-0.2, 0) is 24.2 Å². The zero-order valence-electron chi connectivity index (χ0n) is 19.1. The summed E-state index contributed by atoms with van der Waals surface area (Å²) in [6.45, 7) is 2.26. The average molecular weight is 429 g/mol. The van der Waals surface area contributed by atoms with Gasteiger partial charge in [-0.3, -0.25) is 4.79 Å². The fraction of sp³-hybridized carbons (Fsp3) is 0.875. The Hall–Kier alpha value is -1.59. The number of aliphatic carboxylic acids is 1. The summed E-state index contributed by atoms with van der Waals surface area (Å²) >= 11 is 0. The van der Waals surface area contributed by atoms with Gasteiger partial charge in [0, 0.05) is 6.42 Å². The van der Waals surface area contributed by atoms with E-state index in [-0.39, 0.29) is 19.3 Å². The lowest BCUT2D eigenvalue weighted by Gasteiger charge is -2.04. The lowest BCUT2D eigenvalue weighted by molar-refractivity contribution is -0.259. The molecule has 0 rings (SSSR count). The molecule has 6 heteroatoms. The van der Waals surface area contributed by atoms with E-state index in [9.17, 15) is 14.4 Å². The van der Waals surface area contributed by atoms with Crippen molar-refractivity contribution in [3.8, 4) is 0 Å². The second-order valence-corrected chi connectivity index (χ2v) is 8.21. The van der Waals surface area contributed by atoms with Crippen LogP contribution < -0.4 is 0 Å². The third-order valence-electron chi connectivity index (χ3n) is 5.23. The number of carboxylic acids is 1. The van der Waals surface area contributed by atoms with Crippen molar-refractivity contribution >= 4 is 17.9 Å². The van der Waals surface area contributed by atoms with E-state index in [4.69, 9.17) is 5.11 Å². The maximum Gasteiger partial charge on any atom is 0.355 e. The summed E-state index contributed by atoms with van der Waals surface area (Å²) in [5.74, 6) is -2.05. The second kappa shape index (κ2) is 22.1. The van der Waals surface area contributed by atoms with Gasteiger partial charge in [0.05, 0.1) is 12.8 Å². The summed E-state index contributed by atoms with van der Waals surface area (Å²) < 4.78 is 0. The molecule has 0 aliphatic heterocycles. The molecule has 1 N–H and O–H groups in total. The molecule has 0 fully saturated rings. The first kappa shape index (κ1) is 28.4. The summed E-state index contributed by atoms with van der Waals surface area (Å²) in [7, 11) is 0. The topological polar surface area (TPSA) is 89.9 Å². The standard InChI is InChI=1S/C24H44O6/c1-2-3-4-5-6-7-8-9-10-11-12-13-14-15-16-20-23(27)29-30-24(28)21-18-17-19-22(25)26/h2-21H2,1H3,(H,25,26). The van der Waals surface area contributed by atoms with Crippen LogP contribution in [0.3, 0.4) is 0 Å². The smallest absolute Gasteiger partial charge is 0.355 e. The summed E-state index contributed by atoms with van der Waals surface area (Å²) in [4.78, 5) is 42.2. The molecule has 0 aromatic heterocycles. The predicted molar refractivity (Wildman–Crippen MR) is 118 cm³/mol. The Labute approximate surface area is 183 Å². The first-order chi connectivity index (χ1) is 14.6. The number of carbonyl (C=O) groups is 3. The molecule has 0 aromatic carbocycles.